The maximum absolute atomic E-state index is 12.8. The number of likely N-dealkylation sites (tertiary alicyclic amines) is 2. The topological polar surface area (TPSA) is 65.5 Å². The Morgan fingerprint density at radius 2 is 1.96 bits per heavy atom. The molecule has 1 N–H and O–H groups in total. The van der Waals surface area contributed by atoms with Crippen molar-refractivity contribution in [1.29, 1.82) is 0 Å². The molecule has 0 aromatic carbocycles. The molecule has 27 heavy (non-hydrogen) atoms. The van der Waals surface area contributed by atoms with Crippen molar-refractivity contribution in [1.82, 2.24) is 20.1 Å². The Balaban J connectivity index is 1.48. The summed E-state index contributed by atoms with van der Waals surface area (Å²) in [4.78, 5) is 33.5. The van der Waals surface area contributed by atoms with Crippen molar-refractivity contribution in [2.24, 2.45) is 0 Å². The number of aryl methyl sites for hydroxylation is 1. The van der Waals surface area contributed by atoms with Gasteiger partial charge in [-0.05, 0) is 63.7 Å². The van der Waals surface area contributed by atoms with Gasteiger partial charge in [-0.25, -0.2) is 0 Å². The third kappa shape index (κ3) is 3.86. The number of carbonyl (C=O) groups excluding carboxylic acids is 2. The summed E-state index contributed by atoms with van der Waals surface area (Å²) in [5.41, 5.74) is 2.37. The number of rotatable bonds is 4. The molecule has 6 heteroatoms. The number of carbonyl (C=O) groups is 2. The first-order valence-corrected chi connectivity index (χ1v) is 10.3. The van der Waals surface area contributed by atoms with Gasteiger partial charge >= 0.3 is 0 Å². The average molecular weight is 370 g/mol. The van der Waals surface area contributed by atoms with Crippen molar-refractivity contribution >= 4 is 11.8 Å². The van der Waals surface area contributed by atoms with E-state index in [0.29, 0.717) is 12.8 Å². The van der Waals surface area contributed by atoms with Crippen LogP contribution in [0, 0.1) is 6.92 Å². The summed E-state index contributed by atoms with van der Waals surface area (Å²) >= 11 is 0. The Kier molecular flexibility index (Phi) is 5.17. The SMILES string of the molecule is Cc1ccc(C2(CN3CCCC3)CCN(C(=O)C3CCC(=O)N3)CC2)nc1. The molecule has 0 saturated carbocycles. The van der Waals surface area contributed by atoms with Gasteiger partial charge in [0.15, 0.2) is 0 Å². The Labute approximate surface area is 161 Å². The van der Waals surface area contributed by atoms with Crippen molar-refractivity contribution in [3.8, 4) is 0 Å². The molecule has 4 rings (SSSR count). The molecule has 0 aliphatic carbocycles. The van der Waals surface area contributed by atoms with E-state index in [1.54, 1.807) is 0 Å². The van der Waals surface area contributed by atoms with Crippen molar-refractivity contribution in [3.63, 3.8) is 0 Å². The van der Waals surface area contributed by atoms with Gasteiger partial charge in [0.05, 0.1) is 0 Å². The summed E-state index contributed by atoms with van der Waals surface area (Å²) in [5, 5.41) is 2.82. The molecule has 146 valence electrons. The summed E-state index contributed by atoms with van der Waals surface area (Å²) in [7, 11) is 0. The lowest BCUT2D eigenvalue weighted by molar-refractivity contribution is -0.136. The number of aromatic nitrogens is 1. The van der Waals surface area contributed by atoms with Gasteiger partial charge in [0.25, 0.3) is 0 Å². The highest BCUT2D eigenvalue weighted by Crippen LogP contribution is 2.36. The first-order chi connectivity index (χ1) is 13.1. The highest BCUT2D eigenvalue weighted by molar-refractivity contribution is 5.90. The Bertz CT molecular complexity index is 689. The van der Waals surface area contributed by atoms with Crippen LogP contribution in [-0.2, 0) is 15.0 Å². The van der Waals surface area contributed by atoms with E-state index >= 15 is 0 Å². The van der Waals surface area contributed by atoms with Crippen LogP contribution in [0.3, 0.4) is 0 Å². The fourth-order valence-electron chi connectivity index (χ4n) is 4.82. The minimum absolute atomic E-state index is 0.00223. The zero-order valence-corrected chi connectivity index (χ0v) is 16.2. The molecule has 3 aliphatic rings. The van der Waals surface area contributed by atoms with Gasteiger partial charge in [0, 0.05) is 43.4 Å². The molecule has 3 aliphatic heterocycles. The van der Waals surface area contributed by atoms with Gasteiger partial charge in [-0.3, -0.25) is 14.6 Å². The third-order valence-corrected chi connectivity index (χ3v) is 6.51. The highest BCUT2D eigenvalue weighted by Gasteiger charge is 2.41. The molecule has 0 bridgehead atoms. The van der Waals surface area contributed by atoms with Gasteiger partial charge in [0.1, 0.15) is 6.04 Å². The van der Waals surface area contributed by atoms with E-state index in [1.165, 1.54) is 37.2 Å². The van der Waals surface area contributed by atoms with E-state index in [9.17, 15) is 9.59 Å². The molecule has 2 amide bonds. The number of hydrogen-bond donors (Lipinski definition) is 1. The highest BCUT2D eigenvalue weighted by atomic mass is 16.2. The van der Waals surface area contributed by atoms with E-state index in [4.69, 9.17) is 4.98 Å². The predicted molar refractivity (Wildman–Crippen MR) is 103 cm³/mol. The van der Waals surface area contributed by atoms with Crippen LogP contribution < -0.4 is 5.32 Å². The normalized spacial score (nSPS) is 25.6. The summed E-state index contributed by atoms with van der Waals surface area (Å²) in [6.07, 6.45) is 7.50. The van der Waals surface area contributed by atoms with Crippen molar-refractivity contribution in [3.05, 3.63) is 29.6 Å². The number of amides is 2. The number of piperidine rings is 1. The van der Waals surface area contributed by atoms with Crippen LogP contribution in [0.4, 0.5) is 0 Å². The van der Waals surface area contributed by atoms with Gasteiger partial charge < -0.3 is 15.1 Å². The lowest BCUT2D eigenvalue weighted by Gasteiger charge is -2.44. The number of nitrogens with zero attached hydrogens (tertiary/aromatic N) is 3. The molecule has 0 spiro atoms. The average Bonchev–Trinajstić information content (AvgIpc) is 3.34. The molecule has 0 radical (unpaired) electrons. The smallest absolute Gasteiger partial charge is 0.245 e. The van der Waals surface area contributed by atoms with E-state index in [2.05, 4.69) is 29.3 Å². The molecule has 4 heterocycles. The Morgan fingerprint density at radius 1 is 1.22 bits per heavy atom. The maximum Gasteiger partial charge on any atom is 0.245 e. The third-order valence-electron chi connectivity index (χ3n) is 6.51. The van der Waals surface area contributed by atoms with E-state index in [1.807, 2.05) is 11.1 Å². The molecule has 1 aromatic rings. The zero-order chi connectivity index (χ0) is 18.9. The van der Waals surface area contributed by atoms with Crippen molar-refractivity contribution < 1.29 is 9.59 Å². The standard InChI is InChI=1S/C21H30N4O2/c1-16-4-6-18(22-14-16)21(15-24-10-2-3-11-24)8-12-25(13-9-21)20(27)17-5-7-19(26)23-17/h4,6,14,17H,2-3,5,7-13,15H2,1H3,(H,23,26). The van der Waals surface area contributed by atoms with Gasteiger partial charge in [0.2, 0.25) is 11.8 Å². The van der Waals surface area contributed by atoms with Crippen LogP contribution in [0.2, 0.25) is 0 Å². The van der Waals surface area contributed by atoms with Crippen molar-refractivity contribution in [2.75, 3.05) is 32.7 Å². The van der Waals surface area contributed by atoms with Crippen molar-refractivity contribution in [2.45, 2.75) is 56.9 Å². The second-order valence-corrected chi connectivity index (χ2v) is 8.47. The van der Waals surface area contributed by atoms with Crippen LogP contribution in [0.5, 0.6) is 0 Å². The van der Waals surface area contributed by atoms with Gasteiger partial charge in [-0.2, -0.15) is 0 Å². The second kappa shape index (κ2) is 7.58. The first kappa shape index (κ1) is 18.4. The van der Waals surface area contributed by atoms with Crippen LogP contribution in [-0.4, -0.2) is 65.4 Å². The minimum Gasteiger partial charge on any atom is -0.344 e. The Morgan fingerprint density at radius 3 is 2.56 bits per heavy atom. The summed E-state index contributed by atoms with van der Waals surface area (Å²) in [6, 6.07) is 4.01. The predicted octanol–water partition coefficient (Wildman–Crippen LogP) is 1.62. The summed E-state index contributed by atoms with van der Waals surface area (Å²) in [5.74, 6) is 0.0880. The fourth-order valence-corrected chi connectivity index (χ4v) is 4.82. The lowest BCUT2D eigenvalue weighted by Crippen LogP contribution is -2.53. The minimum atomic E-state index is -0.318. The molecule has 1 unspecified atom stereocenters. The molecule has 1 aromatic heterocycles. The summed E-state index contributed by atoms with van der Waals surface area (Å²) < 4.78 is 0. The van der Waals surface area contributed by atoms with Crippen LogP contribution in [0.25, 0.3) is 0 Å². The number of nitrogens with one attached hydrogen (secondary N) is 1. The van der Waals surface area contributed by atoms with Gasteiger partial charge in [-0.1, -0.05) is 6.07 Å². The van der Waals surface area contributed by atoms with Crippen LogP contribution in [0.15, 0.2) is 18.3 Å². The molecule has 6 nitrogen and oxygen atoms in total. The second-order valence-electron chi connectivity index (χ2n) is 8.47. The van der Waals surface area contributed by atoms with Crippen LogP contribution >= 0.6 is 0 Å². The van der Waals surface area contributed by atoms with E-state index in [0.717, 1.165) is 32.5 Å². The fraction of sp³-hybridized carbons (Fsp3) is 0.667. The Hall–Kier alpha value is -1.95. The molecule has 1 atom stereocenters. The quantitative estimate of drug-likeness (QED) is 0.875. The van der Waals surface area contributed by atoms with Gasteiger partial charge in [-0.15, -0.1) is 0 Å². The van der Waals surface area contributed by atoms with E-state index in [-0.39, 0.29) is 23.3 Å². The lowest BCUT2D eigenvalue weighted by atomic mass is 9.74. The van der Waals surface area contributed by atoms with E-state index < -0.39 is 0 Å². The molecular weight excluding hydrogens is 340 g/mol. The summed E-state index contributed by atoms with van der Waals surface area (Å²) in [6.45, 7) is 6.93. The first-order valence-electron chi connectivity index (χ1n) is 10.3. The zero-order valence-electron chi connectivity index (χ0n) is 16.2. The molecule has 3 saturated heterocycles. The monoisotopic (exact) mass is 370 g/mol. The largest absolute Gasteiger partial charge is 0.344 e. The molecular formula is C21H30N4O2. The number of pyridine rings is 1. The maximum atomic E-state index is 12.8. The number of hydrogen-bond acceptors (Lipinski definition) is 4. The van der Waals surface area contributed by atoms with Crippen LogP contribution in [0.1, 0.15) is 49.8 Å². The molecule has 3 fully saturated rings.